The zero-order valence-corrected chi connectivity index (χ0v) is 11.3. The lowest BCUT2D eigenvalue weighted by Crippen LogP contribution is -2.19. The van der Waals surface area contributed by atoms with Crippen LogP contribution >= 0.6 is 0 Å². The average molecular weight is 279 g/mol. The van der Waals surface area contributed by atoms with Crippen molar-refractivity contribution in [3.8, 4) is 17.3 Å². The van der Waals surface area contributed by atoms with E-state index in [1.165, 1.54) is 5.56 Å². The first kappa shape index (κ1) is 12.1. The molecule has 1 aliphatic rings. The zero-order valence-electron chi connectivity index (χ0n) is 11.3. The van der Waals surface area contributed by atoms with E-state index in [1.54, 1.807) is 6.20 Å². The van der Waals surface area contributed by atoms with Gasteiger partial charge in [0.25, 0.3) is 0 Å². The molecule has 0 fully saturated rings. The number of hydrogen-bond acceptors (Lipinski definition) is 5. The Labute approximate surface area is 121 Å². The molecule has 0 radical (unpaired) electrons. The van der Waals surface area contributed by atoms with Gasteiger partial charge < -0.3 is 9.26 Å². The lowest BCUT2D eigenvalue weighted by Gasteiger charge is -2.22. The molecule has 104 valence electrons. The van der Waals surface area contributed by atoms with Crippen LogP contribution in [0.5, 0.6) is 5.75 Å². The Hall–Kier alpha value is -2.69. The van der Waals surface area contributed by atoms with Crippen molar-refractivity contribution in [1.82, 2.24) is 15.1 Å². The quantitative estimate of drug-likeness (QED) is 0.722. The third kappa shape index (κ3) is 2.27. The molecule has 0 unspecified atom stereocenters. The highest BCUT2D eigenvalue weighted by Crippen LogP contribution is 2.31. The van der Waals surface area contributed by atoms with E-state index >= 15 is 0 Å². The molecule has 0 aliphatic carbocycles. The maximum atomic E-state index is 5.76. The Morgan fingerprint density at radius 1 is 1.05 bits per heavy atom. The molecule has 0 saturated carbocycles. The van der Waals surface area contributed by atoms with Gasteiger partial charge in [0.05, 0.1) is 5.92 Å². The number of benzene rings is 1. The highest BCUT2D eigenvalue weighted by molar-refractivity contribution is 5.47. The minimum atomic E-state index is 0.0878. The largest absolute Gasteiger partial charge is 0.492 e. The van der Waals surface area contributed by atoms with Crippen molar-refractivity contribution in [1.29, 1.82) is 0 Å². The van der Waals surface area contributed by atoms with Crippen LogP contribution in [0.1, 0.15) is 17.4 Å². The summed E-state index contributed by atoms with van der Waals surface area (Å²) in [7, 11) is 0. The molecular formula is C16H13N3O2. The Bertz CT molecular complexity index is 755. The van der Waals surface area contributed by atoms with Gasteiger partial charge in [0.15, 0.2) is 0 Å². The SMILES string of the molecule is c1ccc(-c2noc([C@@H]3COc4ccccc4C3)n2)nc1. The minimum absolute atomic E-state index is 0.0878. The minimum Gasteiger partial charge on any atom is -0.492 e. The molecule has 0 spiro atoms. The van der Waals surface area contributed by atoms with Crippen molar-refractivity contribution < 1.29 is 9.26 Å². The summed E-state index contributed by atoms with van der Waals surface area (Å²) in [4.78, 5) is 8.68. The van der Waals surface area contributed by atoms with Gasteiger partial charge in [-0.1, -0.05) is 29.4 Å². The van der Waals surface area contributed by atoms with Crippen molar-refractivity contribution in [3.63, 3.8) is 0 Å². The molecule has 0 saturated heterocycles. The van der Waals surface area contributed by atoms with Gasteiger partial charge in [0.2, 0.25) is 11.7 Å². The summed E-state index contributed by atoms with van der Waals surface area (Å²) in [6, 6.07) is 13.7. The average Bonchev–Trinajstić information content (AvgIpc) is 3.05. The Kier molecular flexibility index (Phi) is 2.88. The summed E-state index contributed by atoms with van der Waals surface area (Å²) < 4.78 is 11.2. The van der Waals surface area contributed by atoms with Crippen molar-refractivity contribution >= 4 is 0 Å². The molecule has 0 bridgehead atoms. The lowest BCUT2D eigenvalue weighted by atomic mass is 9.97. The molecule has 1 atom stereocenters. The highest BCUT2D eigenvalue weighted by Gasteiger charge is 2.26. The summed E-state index contributed by atoms with van der Waals surface area (Å²) in [5, 5.41) is 4.01. The van der Waals surface area contributed by atoms with Crippen LogP contribution in [0, 0.1) is 0 Å². The second kappa shape index (κ2) is 5.01. The zero-order chi connectivity index (χ0) is 14.1. The fourth-order valence-corrected chi connectivity index (χ4v) is 2.49. The molecule has 5 heteroatoms. The van der Waals surface area contributed by atoms with Gasteiger partial charge in [-0.15, -0.1) is 0 Å². The second-order valence-electron chi connectivity index (χ2n) is 4.99. The monoisotopic (exact) mass is 279 g/mol. The van der Waals surface area contributed by atoms with Crippen molar-refractivity contribution in [2.45, 2.75) is 12.3 Å². The molecule has 21 heavy (non-hydrogen) atoms. The van der Waals surface area contributed by atoms with E-state index in [2.05, 4.69) is 21.2 Å². The van der Waals surface area contributed by atoms with E-state index in [9.17, 15) is 0 Å². The summed E-state index contributed by atoms with van der Waals surface area (Å²) in [6.45, 7) is 0.556. The van der Waals surface area contributed by atoms with Gasteiger partial charge >= 0.3 is 0 Å². The fraction of sp³-hybridized carbons (Fsp3) is 0.188. The van der Waals surface area contributed by atoms with Gasteiger partial charge in [-0.05, 0) is 30.2 Å². The van der Waals surface area contributed by atoms with Gasteiger partial charge in [-0.3, -0.25) is 4.98 Å². The van der Waals surface area contributed by atoms with Gasteiger partial charge in [-0.2, -0.15) is 4.98 Å². The van der Waals surface area contributed by atoms with E-state index in [-0.39, 0.29) is 5.92 Å². The van der Waals surface area contributed by atoms with Crippen molar-refractivity contribution in [3.05, 3.63) is 60.1 Å². The Balaban J connectivity index is 1.60. The number of aromatic nitrogens is 3. The molecule has 5 nitrogen and oxygen atoms in total. The van der Waals surface area contributed by atoms with E-state index < -0.39 is 0 Å². The highest BCUT2D eigenvalue weighted by atomic mass is 16.5. The van der Waals surface area contributed by atoms with Gasteiger partial charge in [0, 0.05) is 6.20 Å². The number of rotatable bonds is 2. The number of fused-ring (bicyclic) bond motifs is 1. The Morgan fingerprint density at radius 2 is 1.95 bits per heavy atom. The number of pyridine rings is 1. The predicted octanol–water partition coefficient (Wildman–Crippen LogP) is 2.85. The number of hydrogen-bond donors (Lipinski definition) is 0. The second-order valence-corrected chi connectivity index (χ2v) is 4.99. The lowest BCUT2D eigenvalue weighted by molar-refractivity contribution is 0.230. The molecule has 2 aromatic heterocycles. The van der Waals surface area contributed by atoms with Gasteiger partial charge in [0.1, 0.15) is 18.1 Å². The van der Waals surface area contributed by atoms with E-state index in [1.807, 2.05) is 36.4 Å². The first-order valence-electron chi connectivity index (χ1n) is 6.86. The smallest absolute Gasteiger partial charge is 0.233 e. The number of ether oxygens (including phenoxy) is 1. The summed E-state index contributed by atoms with van der Waals surface area (Å²) in [5.41, 5.74) is 1.89. The molecule has 0 amide bonds. The summed E-state index contributed by atoms with van der Waals surface area (Å²) >= 11 is 0. The summed E-state index contributed by atoms with van der Waals surface area (Å²) in [5.74, 6) is 2.15. The van der Waals surface area contributed by atoms with Crippen LogP contribution in [-0.2, 0) is 6.42 Å². The maximum Gasteiger partial charge on any atom is 0.233 e. The van der Waals surface area contributed by atoms with Crippen LogP contribution in [-0.4, -0.2) is 21.7 Å². The summed E-state index contributed by atoms with van der Waals surface area (Å²) in [6.07, 6.45) is 2.56. The maximum absolute atomic E-state index is 5.76. The van der Waals surface area contributed by atoms with E-state index in [0.29, 0.717) is 24.0 Å². The van der Waals surface area contributed by atoms with Crippen molar-refractivity contribution in [2.75, 3.05) is 6.61 Å². The molecule has 3 aromatic rings. The van der Waals surface area contributed by atoms with Crippen LogP contribution in [0.3, 0.4) is 0 Å². The van der Waals surface area contributed by atoms with Crippen LogP contribution in [0.4, 0.5) is 0 Å². The van der Waals surface area contributed by atoms with Crippen LogP contribution in [0.25, 0.3) is 11.5 Å². The first-order valence-corrected chi connectivity index (χ1v) is 6.86. The number of nitrogens with zero attached hydrogens (tertiary/aromatic N) is 3. The fourth-order valence-electron chi connectivity index (χ4n) is 2.49. The van der Waals surface area contributed by atoms with Gasteiger partial charge in [-0.25, -0.2) is 0 Å². The van der Waals surface area contributed by atoms with Crippen molar-refractivity contribution in [2.24, 2.45) is 0 Å². The number of para-hydroxylation sites is 1. The molecule has 4 rings (SSSR count). The van der Waals surface area contributed by atoms with Crippen LogP contribution in [0.15, 0.2) is 53.2 Å². The third-order valence-electron chi connectivity index (χ3n) is 3.56. The Morgan fingerprint density at radius 3 is 2.86 bits per heavy atom. The van der Waals surface area contributed by atoms with E-state index in [0.717, 1.165) is 12.2 Å². The third-order valence-corrected chi connectivity index (χ3v) is 3.56. The van der Waals surface area contributed by atoms with E-state index in [4.69, 9.17) is 9.26 Å². The predicted molar refractivity (Wildman–Crippen MR) is 75.9 cm³/mol. The molecule has 3 heterocycles. The topological polar surface area (TPSA) is 61.0 Å². The first-order chi connectivity index (χ1) is 10.4. The molecule has 1 aliphatic heterocycles. The molecular weight excluding hydrogens is 266 g/mol. The standard InChI is InChI=1S/C16H13N3O2/c1-2-7-14-11(5-1)9-12(10-20-14)16-18-15(19-21-16)13-6-3-4-8-17-13/h1-8,12H,9-10H2/t12-/m0/s1. The molecule has 0 N–H and O–H groups in total. The van der Waals surface area contributed by atoms with Crippen LogP contribution in [0.2, 0.25) is 0 Å². The molecule has 1 aromatic carbocycles. The van der Waals surface area contributed by atoms with Crippen LogP contribution < -0.4 is 4.74 Å². The normalized spacial score (nSPS) is 17.0.